The maximum Gasteiger partial charge on any atom is 0.345 e. The van der Waals surface area contributed by atoms with Gasteiger partial charge in [0, 0.05) is 6.07 Å². The highest BCUT2D eigenvalue weighted by molar-refractivity contribution is 5.92. The van der Waals surface area contributed by atoms with Crippen molar-refractivity contribution in [2.75, 3.05) is 14.2 Å². The Kier molecular flexibility index (Phi) is 2.74. The van der Waals surface area contributed by atoms with Gasteiger partial charge in [-0.25, -0.2) is 4.79 Å². The molecule has 4 heteroatoms. The van der Waals surface area contributed by atoms with Gasteiger partial charge in [-0.3, -0.25) is 0 Å². The fraction of sp³-hybridized carbons (Fsp3) is 0.222. The van der Waals surface area contributed by atoms with E-state index in [0.717, 1.165) is 0 Å². The summed E-state index contributed by atoms with van der Waals surface area (Å²) in [6.45, 7) is 3.50. The Balaban J connectivity index is 3.10. The summed E-state index contributed by atoms with van der Waals surface area (Å²) >= 11 is 0. The van der Waals surface area contributed by atoms with Gasteiger partial charge < -0.3 is 13.9 Å². The van der Waals surface area contributed by atoms with Crippen molar-refractivity contribution in [1.29, 1.82) is 0 Å². The number of carbonyl (C=O) groups excluding carboxylic acids is 1. The molecule has 1 heterocycles. The van der Waals surface area contributed by atoms with Crippen LogP contribution in [0.1, 0.15) is 16.1 Å². The summed E-state index contributed by atoms with van der Waals surface area (Å²) in [6, 6.07) is 1.51. The Bertz CT molecular complexity index is 324. The van der Waals surface area contributed by atoms with Crippen LogP contribution in [0.15, 0.2) is 17.1 Å². The first-order chi connectivity index (χ1) is 6.22. The Morgan fingerprint density at radius 1 is 1.62 bits per heavy atom. The van der Waals surface area contributed by atoms with Crippen molar-refractivity contribution in [2.24, 2.45) is 0 Å². The van der Waals surface area contributed by atoms with E-state index < -0.39 is 5.97 Å². The molecule has 0 unspecified atom stereocenters. The largest absolute Gasteiger partial charge is 0.468 e. The molecule has 0 aliphatic carbocycles. The lowest BCUT2D eigenvalue weighted by Crippen LogP contribution is -2.01. The molecule has 0 bridgehead atoms. The predicted octanol–water partition coefficient (Wildman–Crippen LogP) is 1.72. The van der Waals surface area contributed by atoms with Gasteiger partial charge in [0.25, 0.3) is 5.95 Å². The minimum Gasteiger partial charge on any atom is -0.468 e. The average molecular weight is 182 g/mol. The zero-order chi connectivity index (χ0) is 9.84. The summed E-state index contributed by atoms with van der Waals surface area (Å²) in [5, 5.41) is 0. The molecule has 0 atom stereocenters. The average Bonchev–Trinajstić information content (AvgIpc) is 2.59. The van der Waals surface area contributed by atoms with Crippen LogP contribution in [0.2, 0.25) is 0 Å². The molecule has 13 heavy (non-hydrogen) atoms. The highest BCUT2D eigenvalue weighted by Crippen LogP contribution is 2.24. The Morgan fingerprint density at radius 2 is 2.31 bits per heavy atom. The van der Waals surface area contributed by atoms with Crippen LogP contribution in [0.3, 0.4) is 0 Å². The maximum absolute atomic E-state index is 11.1. The second-order valence-corrected chi connectivity index (χ2v) is 2.25. The third-order valence-corrected chi connectivity index (χ3v) is 1.51. The van der Waals surface area contributed by atoms with E-state index in [2.05, 4.69) is 11.3 Å². The van der Waals surface area contributed by atoms with Crippen molar-refractivity contribution in [2.45, 2.75) is 0 Å². The lowest BCUT2D eigenvalue weighted by molar-refractivity contribution is 0.0594. The summed E-state index contributed by atoms with van der Waals surface area (Å²) in [7, 11) is 2.71. The smallest absolute Gasteiger partial charge is 0.345 e. The first-order valence-electron chi connectivity index (χ1n) is 3.61. The minimum absolute atomic E-state index is 0.141. The van der Waals surface area contributed by atoms with Crippen LogP contribution in [0, 0.1) is 0 Å². The molecule has 0 saturated heterocycles. The fourth-order valence-electron chi connectivity index (χ4n) is 0.897. The van der Waals surface area contributed by atoms with Gasteiger partial charge in [-0.15, -0.1) is 0 Å². The molecule has 0 saturated carbocycles. The topological polar surface area (TPSA) is 48.7 Å². The van der Waals surface area contributed by atoms with E-state index in [1.807, 2.05) is 0 Å². The van der Waals surface area contributed by atoms with Gasteiger partial charge in [-0.2, -0.15) is 0 Å². The molecule has 0 aliphatic rings. The molecular formula is C9H10O4. The number of ether oxygens (including phenoxy) is 2. The molecule has 0 radical (unpaired) electrons. The van der Waals surface area contributed by atoms with Gasteiger partial charge >= 0.3 is 5.97 Å². The minimum atomic E-state index is -0.492. The van der Waals surface area contributed by atoms with E-state index in [9.17, 15) is 4.79 Å². The summed E-state index contributed by atoms with van der Waals surface area (Å²) in [4.78, 5) is 11.1. The molecule has 1 rings (SSSR count). The normalized spacial score (nSPS) is 9.38. The van der Waals surface area contributed by atoms with E-state index in [1.54, 1.807) is 0 Å². The molecule has 0 N–H and O–H groups in total. The SMILES string of the molecule is C=Cc1cc(C(=O)OC)c(OC)o1. The monoisotopic (exact) mass is 182 g/mol. The van der Waals surface area contributed by atoms with Crippen molar-refractivity contribution in [1.82, 2.24) is 0 Å². The van der Waals surface area contributed by atoms with E-state index in [4.69, 9.17) is 9.15 Å². The maximum atomic E-state index is 11.1. The van der Waals surface area contributed by atoms with Crippen molar-refractivity contribution >= 4 is 12.0 Å². The first-order valence-corrected chi connectivity index (χ1v) is 3.61. The molecular weight excluding hydrogens is 172 g/mol. The Hall–Kier alpha value is -1.71. The van der Waals surface area contributed by atoms with Gasteiger partial charge in [0.2, 0.25) is 0 Å². The molecule has 1 aromatic heterocycles. The van der Waals surface area contributed by atoms with Gasteiger partial charge in [-0.1, -0.05) is 6.58 Å². The number of rotatable bonds is 3. The molecule has 0 amide bonds. The van der Waals surface area contributed by atoms with Crippen LogP contribution in [0.5, 0.6) is 5.95 Å². The Morgan fingerprint density at radius 3 is 2.77 bits per heavy atom. The van der Waals surface area contributed by atoms with Crippen LogP contribution in [-0.4, -0.2) is 20.2 Å². The standard InChI is InChI=1S/C9H10O4/c1-4-6-5-7(8(10)11-2)9(12-3)13-6/h4-5H,1H2,2-3H3. The third-order valence-electron chi connectivity index (χ3n) is 1.51. The lowest BCUT2D eigenvalue weighted by atomic mass is 10.3. The molecule has 0 aromatic carbocycles. The lowest BCUT2D eigenvalue weighted by Gasteiger charge is -1.97. The van der Waals surface area contributed by atoms with E-state index >= 15 is 0 Å². The highest BCUT2D eigenvalue weighted by atomic mass is 16.6. The van der Waals surface area contributed by atoms with Crippen LogP contribution in [-0.2, 0) is 4.74 Å². The zero-order valence-electron chi connectivity index (χ0n) is 7.49. The summed E-state index contributed by atoms with van der Waals surface area (Å²) < 4.78 is 14.5. The van der Waals surface area contributed by atoms with Crippen LogP contribution in [0.4, 0.5) is 0 Å². The number of esters is 1. The van der Waals surface area contributed by atoms with E-state index in [-0.39, 0.29) is 11.5 Å². The molecule has 0 aliphatic heterocycles. The number of furan rings is 1. The van der Waals surface area contributed by atoms with Crippen molar-refractivity contribution in [3.8, 4) is 5.95 Å². The molecule has 0 fully saturated rings. The summed E-state index contributed by atoms with van der Waals surface area (Å²) in [6.07, 6.45) is 1.48. The summed E-state index contributed by atoms with van der Waals surface area (Å²) in [5.74, 6) is 0.118. The number of methoxy groups -OCH3 is 2. The van der Waals surface area contributed by atoms with Gasteiger partial charge in [0.1, 0.15) is 11.3 Å². The molecule has 70 valence electrons. The fourth-order valence-corrected chi connectivity index (χ4v) is 0.897. The zero-order valence-corrected chi connectivity index (χ0v) is 7.49. The molecule has 1 aromatic rings. The number of carbonyl (C=O) groups is 1. The van der Waals surface area contributed by atoms with Crippen LogP contribution >= 0.6 is 0 Å². The third kappa shape index (κ3) is 1.72. The molecule has 4 nitrogen and oxygen atoms in total. The number of hydrogen-bond acceptors (Lipinski definition) is 4. The van der Waals surface area contributed by atoms with Crippen LogP contribution in [0.25, 0.3) is 6.08 Å². The second-order valence-electron chi connectivity index (χ2n) is 2.25. The number of hydrogen-bond donors (Lipinski definition) is 0. The molecule has 0 spiro atoms. The van der Waals surface area contributed by atoms with Crippen molar-refractivity contribution in [3.05, 3.63) is 24.0 Å². The van der Waals surface area contributed by atoms with Crippen molar-refractivity contribution < 1.29 is 18.7 Å². The summed E-state index contributed by atoms with van der Waals surface area (Å²) in [5.41, 5.74) is 0.264. The quantitative estimate of drug-likeness (QED) is 0.668. The van der Waals surface area contributed by atoms with Crippen LogP contribution < -0.4 is 4.74 Å². The predicted molar refractivity (Wildman–Crippen MR) is 46.7 cm³/mol. The van der Waals surface area contributed by atoms with Gasteiger partial charge in [0.15, 0.2) is 0 Å². The first kappa shape index (κ1) is 9.38. The Labute approximate surface area is 75.7 Å². The van der Waals surface area contributed by atoms with Gasteiger partial charge in [-0.05, 0) is 6.08 Å². The highest BCUT2D eigenvalue weighted by Gasteiger charge is 2.17. The van der Waals surface area contributed by atoms with Crippen molar-refractivity contribution in [3.63, 3.8) is 0 Å². The van der Waals surface area contributed by atoms with E-state index in [0.29, 0.717) is 5.76 Å². The van der Waals surface area contributed by atoms with Gasteiger partial charge in [0.05, 0.1) is 14.2 Å². The second kappa shape index (κ2) is 3.80. The van der Waals surface area contributed by atoms with E-state index in [1.165, 1.54) is 26.4 Å².